The van der Waals surface area contributed by atoms with Crippen molar-refractivity contribution < 1.29 is 17.9 Å². The number of ether oxygens (including phenoxy) is 1. The molecular weight excluding hydrogens is 255 g/mol. The SMILES string of the molecule is CNC(COCC(F)(F)F)c1ccc(C(C)C)cc1. The van der Waals surface area contributed by atoms with Gasteiger partial charge in [-0.25, -0.2) is 0 Å². The Balaban J connectivity index is 2.59. The quantitative estimate of drug-likeness (QED) is 0.855. The highest BCUT2D eigenvalue weighted by molar-refractivity contribution is 5.26. The summed E-state index contributed by atoms with van der Waals surface area (Å²) >= 11 is 0. The maximum Gasteiger partial charge on any atom is 0.411 e. The van der Waals surface area contributed by atoms with E-state index in [1.54, 1.807) is 7.05 Å². The molecule has 1 aromatic rings. The van der Waals surface area contributed by atoms with E-state index >= 15 is 0 Å². The zero-order chi connectivity index (χ0) is 14.5. The Labute approximate surface area is 112 Å². The van der Waals surface area contributed by atoms with Crippen LogP contribution < -0.4 is 5.32 Å². The summed E-state index contributed by atoms with van der Waals surface area (Å²) in [6.45, 7) is 2.97. The monoisotopic (exact) mass is 275 g/mol. The van der Waals surface area contributed by atoms with Crippen LogP contribution in [-0.2, 0) is 4.74 Å². The Kier molecular flexibility index (Phi) is 5.82. The number of hydrogen-bond donors (Lipinski definition) is 1. The molecule has 2 nitrogen and oxygen atoms in total. The molecule has 108 valence electrons. The van der Waals surface area contributed by atoms with Gasteiger partial charge < -0.3 is 10.1 Å². The third-order valence-electron chi connectivity index (χ3n) is 2.90. The minimum atomic E-state index is -4.28. The molecule has 19 heavy (non-hydrogen) atoms. The highest BCUT2D eigenvalue weighted by atomic mass is 19.4. The van der Waals surface area contributed by atoms with Crippen molar-refractivity contribution in [2.75, 3.05) is 20.3 Å². The molecule has 0 amide bonds. The van der Waals surface area contributed by atoms with Crippen LogP contribution in [0.5, 0.6) is 0 Å². The normalized spacial score (nSPS) is 13.8. The lowest BCUT2D eigenvalue weighted by Crippen LogP contribution is -2.25. The summed E-state index contributed by atoms with van der Waals surface area (Å²) in [4.78, 5) is 0. The summed E-state index contributed by atoms with van der Waals surface area (Å²) in [5.74, 6) is 0.434. The molecule has 5 heteroatoms. The van der Waals surface area contributed by atoms with Crippen molar-refractivity contribution in [2.45, 2.75) is 32.0 Å². The van der Waals surface area contributed by atoms with Crippen molar-refractivity contribution in [3.63, 3.8) is 0 Å². The van der Waals surface area contributed by atoms with Crippen LogP contribution >= 0.6 is 0 Å². The van der Waals surface area contributed by atoms with Crippen molar-refractivity contribution in [1.29, 1.82) is 0 Å². The molecule has 0 spiro atoms. The Bertz CT molecular complexity index is 373. The minimum Gasteiger partial charge on any atom is -0.370 e. The number of alkyl halides is 3. The van der Waals surface area contributed by atoms with Crippen LogP contribution in [0.25, 0.3) is 0 Å². The fraction of sp³-hybridized carbons (Fsp3) is 0.571. The average Bonchev–Trinajstić information content (AvgIpc) is 2.33. The van der Waals surface area contributed by atoms with E-state index in [2.05, 4.69) is 19.2 Å². The van der Waals surface area contributed by atoms with Gasteiger partial charge in [0.05, 0.1) is 12.6 Å². The summed E-state index contributed by atoms with van der Waals surface area (Å²) in [5, 5.41) is 2.96. The largest absolute Gasteiger partial charge is 0.411 e. The predicted octanol–water partition coefficient (Wildman–Crippen LogP) is 3.65. The second-order valence-corrected chi connectivity index (χ2v) is 4.79. The molecule has 1 unspecified atom stereocenters. The third kappa shape index (κ3) is 5.61. The molecule has 0 saturated heterocycles. The Morgan fingerprint density at radius 2 is 1.63 bits per heavy atom. The van der Waals surface area contributed by atoms with Crippen LogP contribution in [0.1, 0.15) is 36.9 Å². The lowest BCUT2D eigenvalue weighted by atomic mass is 9.99. The van der Waals surface area contributed by atoms with Crippen LogP contribution in [-0.4, -0.2) is 26.4 Å². The zero-order valence-corrected chi connectivity index (χ0v) is 11.4. The van der Waals surface area contributed by atoms with Crippen molar-refractivity contribution in [2.24, 2.45) is 0 Å². The highest BCUT2D eigenvalue weighted by Crippen LogP contribution is 2.20. The van der Waals surface area contributed by atoms with Gasteiger partial charge in [0.2, 0.25) is 0 Å². The first-order valence-corrected chi connectivity index (χ1v) is 6.25. The Morgan fingerprint density at radius 1 is 1.11 bits per heavy atom. The first-order chi connectivity index (χ1) is 8.83. The molecule has 1 rings (SSSR count). The second kappa shape index (κ2) is 6.91. The van der Waals surface area contributed by atoms with Gasteiger partial charge in [-0.05, 0) is 24.1 Å². The van der Waals surface area contributed by atoms with Crippen LogP contribution in [0.4, 0.5) is 13.2 Å². The van der Waals surface area contributed by atoms with Gasteiger partial charge >= 0.3 is 6.18 Å². The minimum absolute atomic E-state index is 0.00294. The lowest BCUT2D eigenvalue weighted by molar-refractivity contribution is -0.175. The summed E-state index contributed by atoms with van der Waals surface area (Å²) in [6, 6.07) is 7.60. The second-order valence-electron chi connectivity index (χ2n) is 4.79. The molecule has 0 saturated carbocycles. The molecule has 0 aliphatic heterocycles. The number of benzene rings is 1. The first-order valence-electron chi connectivity index (χ1n) is 6.25. The fourth-order valence-corrected chi connectivity index (χ4v) is 1.75. The molecule has 0 fully saturated rings. The van der Waals surface area contributed by atoms with Gasteiger partial charge in [0.25, 0.3) is 0 Å². The van der Waals surface area contributed by atoms with E-state index < -0.39 is 12.8 Å². The van der Waals surface area contributed by atoms with Gasteiger partial charge in [0.15, 0.2) is 0 Å². The van der Waals surface area contributed by atoms with Crippen LogP contribution in [0, 0.1) is 0 Å². The fourth-order valence-electron chi connectivity index (χ4n) is 1.75. The molecule has 0 aliphatic rings. The number of rotatable bonds is 6. The molecule has 1 atom stereocenters. The number of nitrogens with one attached hydrogen (secondary N) is 1. The number of halogens is 3. The van der Waals surface area contributed by atoms with Crippen molar-refractivity contribution in [3.8, 4) is 0 Å². The Hall–Kier alpha value is -1.07. The van der Waals surface area contributed by atoms with E-state index in [0.717, 1.165) is 5.56 Å². The molecule has 1 N–H and O–H groups in total. The molecular formula is C14H20F3NO. The molecule has 1 aromatic carbocycles. The van der Waals surface area contributed by atoms with Crippen molar-refractivity contribution in [3.05, 3.63) is 35.4 Å². The first kappa shape index (κ1) is 16.0. The van der Waals surface area contributed by atoms with E-state index in [9.17, 15) is 13.2 Å². The smallest absolute Gasteiger partial charge is 0.370 e. The molecule has 0 heterocycles. The molecule has 0 bridgehead atoms. The van der Waals surface area contributed by atoms with E-state index in [1.807, 2.05) is 24.3 Å². The van der Waals surface area contributed by atoms with Gasteiger partial charge in [0, 0.05) is 0 Å². The topological polar surface area (TPSA) is 21.3 Å². The van der Waals surface area contributed by atoms with Crippen molar-refractivity contribution >= 4 is 0 Å². The highest BCUT2D eigenvalue weighted by Gasteiger charge is 2.27. The van der Waals surface area contributed by atoms with Gasteiger partial charge in [-0.15, -0.1) is 0 Å². The van der Waals surface area contributed by atoms with Gasteiger partial charge in [-0.3, -0.25) is 0 Å². The van der Waals surface area contributed by atoms with Gasteiger partial charge in [-0.2, -0.15) is 13.2 Å². The summed E-state index contributed by atoms with van der Waals surface area (Å²) in [6.07, 6.45) is -4.28. The predicted molar refractivity (Wildman–Crippen MR) is 69.2 cm³/mol. The zero-order valence-electron chi connectivity index (χ0n) is 11.4. The summed E-state index contributed by atoms with van der Waals surface area (Å²) < 4.78 is 40.7. The maximum absolute atomic E-state index is 12.0. The van der Waals surface area contributed by atoms with Crippen LogP contribution in [0.3, 0.4) is 0 Å². The van der Waals surface area contributed by atoms with Gasteiger partial charge in [0.1, 0.15) is 6.61 Å². The number of likely N-dealkylation sites (N-methyl/N-ethyl adjacent to an activating group) is 1. The van der Waals surface area contributed by atoms with E-state index in [4.69, 9.17) is 4.74 Å². The van der Waals surface area contributed by atoms with Crippen LogP contribution in [0.2, 0.25) is 0 Å². The van der Waals surface area contributed by atoms with Crippen LogP contribution in [0.15, 0.2) is 24.3 Å². The van der Waals surface area contributed by atoms with E-state index in [-0.39, 0.29) is 12.6 Å². The average molecular weight is 275 g/mol. The van der Waals surface area contributed by atoms with E-state index in [1.165, 1.54) is 5.56 Å². The number of hydrogen-bond acceptors (Lipinski definition) is 2. The van der Waals surface area contributed by atoms with E-state index in [0.29, 0.717) is 5.92 Å². The van der Waals surface area contributed by atoms with Gasteiger partial charge in [-0.1, -0.05) is 38.1 Å². The summed E-state index contributed by atoms with van der Waals surface area (Å²) in [5.41, 5.74) is 2.13. The maximum atomic E-state index is 12.0. The lowest BCUT2D eigenvalue weighted by Gasteiger charge is -2.18. The standard InChI is InChI=1S/C14H20F3NO/c1-10(2)11-4-6-12(7-5-11)13(18-3)8-19-9-14(15,16)17/h4-7,10,13,18H,8-9H2,1-3H3. The summed E-state index contributed by atoms with van der Waals surface area (Å²) in [7, 11) is 1.71. The third-order valence-corrected chi connectivity index (χ3v) is 2.90. The van der Waals surface area contributed by atoms with Crippen molar-refractivity contribution in [1.82, 2.24) is 5.32 Å². The Morgan fingerprint density at radius 3 is 2.05 bits per heavy atom. The molecule has 0 radical (unpaired) electrons. The molecule has 0 aliphatic carbocycles. The molecule has 0 aromatic heterocycles.